The van der Waals surface area contributed by atoms with E-state index < -0.39 is 0 Å². The molecule has 5 nitrogen and oxygen atoms in total. The molecule has 1 saturated heterocycles. The van der Waals surface area contributed by atoms with Crippen molar-refractivity contribution in [2.75, 3.05) is 46.6 Å². The van der Waals surface area contributed by atoms with E-state index in [1.807, 2.05) is 4.90 Å². The van der Waals surface area contributed by atoms with Crippen LogP contribution in [0.5, 0.6) is 0 Å². The average Bonchev–Trinajstić information content (AvgIpc) is 2.42. The zero-order valence-corrected chi connectivity index (χ0v) is 12.5. The second kappa shape index (κ2) is 9.28. The number of hydrogen-bond acceptors (Lipinski definition) is 4. The Labute approximate surface area is 116 Å². The lowest BCUT2D eigenvalue weighted by Crippen LogP contribution is -2.51. The molecule has 0 radical (unpaired) electrons. The Balaban J connectivity index is 2.24. The minimum absolute atomic E-state index is 0.0943. The van der Waals surface area contributed by atoms with Gasteiger partial charge in [-0.1, -0.05) is 13.8 Å². The molecular formula is C14H28N2O3. The maximum absolute atomic E-state index is 12.0. The summed E-state index contributed by atoms with van der Waals surface area (Å²) in [5.41, 5.74) is 0. The highest BCUT2D eigenvalue weighted by atomic mass is 16.5. The maximum Gasteiger partial charge on any atom is 0.248 e. The number of likely N-dealkylation sites (tertiary alicyclic amines) is 1. The predicted molar refractivity (Wildman–Crippen MR) is 75.1 cm³/mol. The third kappa shape index (κ3) is 5.89. The summed E-state index contributed by atoms with van der Waals surface area (Å²) in [5, 5.41) is 3.55. The first-order valence-corrected chi connectivity index (χ1v) is 7.26. The number of piperidine rings is 1. The lowest BCUT2D eigenvalue weighted by molar-refractivity contribution is -0.138. The van der Waals surface area contributed by atoms with Gasteiger partial charge in [-0.3, -0.25) is 4.79 Å². The molecule has 0 aromatic rings. The maximum atomic E-state index is 12.0. The Morgan fingerprint density at radius 2 is 2.21 bits per heavy atom. The van der Waals surface area contributed by atoms with Gasteiger partial charge in [0.15, 0.2) is 0 Å². The minimum Gasteiger partial charge on any atom is -0.382 e. The lowest BCUT2D eigenvalue weighted by Gasteiger charge is -2.37. The fraction of sp³-hybridized carbons (Fsp3) is 0.929. The second-order valence-electron chi connectivity index (χ2n) is 5.21. The quantitative estimate of drug-likeness (QED) is 0.667. The van der Waals surface area contributed by atoms with Crippen molar-refractivity contribution in [2.45, 2.75) is 32.7 Å². The summed E-state index contributed by atoms with van der Waals surface area (Å²) in [7, 11) is 1.63. The summed E-state index contributed by atoms with van der Waals surface area (Å²) in [6.45, 7) is 8.28. The number of hydrogen-bond donors (Lipinski definition) is 1. The molecule has 1 aliphatic rings. The van der Waals surface area contributed by atoms with Gasteiger partial charge in [0.2, 0.25) is 5.91 Å². The number of rotatable bonds is 8. The van der Waals surface area contributed by atoms with Crippen LogP contribution in [-0.2, 0) is 14.3 Å². The summed E-state index contributed by atoms with van der Waals surface area (Å²) >= 11 is 0. The zero-order valence-electron chi connectivity index (χ0n) is 12.5. The van der Waals surface area contributed by atoms with Gasteiger partial charge in [-0.2, -0.15) is 0 Å². The Morgan fingerprint density at radius 1 is 1.42 bits per heavy atom. The van der Waals surface area contributed by atoms with Crippen LogP contribution in [0.1, 0.15) is 26.7 Å². The van der Waals surface area contributed by atoms with Crippen LogP contribution < -0.4 is 5.32 Å². The molecule has 1 N–H and O–H groups in total. The third-order valence-electron chi connectivity index (χ3n) is 3.57. The van der Waals surface area contributed by atoms with Crippen LogP contribution in [0.3, 0.4) is 0 Å². The summed E-state index contributed by atoms with van der Waals surface area (Å²) in [6.07, 6.45) is 2.18. The van der Waals surface area contributed by atoms with Crippen LogP contribution in [-0.4, -0.2) is 63.4 Å². The van der Waals surface area contributed by atoms with E-state index in [1.165, 1.54) is 0 Å². The van der Waals surface area contributed by atoms with Gasteiger partial charge in [0, 0.05) is 26.2 Å². The number of carbonyl (C=O) groups excluding carboxylic acids is 1. The fourth-order valence-electron chi connectivity index (χ4n) is 2.40. The van der Waals surface area contributed by atoms with Crippen LogP contribution in [0.15, 0.2) is 0 Å². The van der Waals surface area contributed by atoms with Crippen molar-refractivity contribution in [2.24, 2.45) is 5.92 Å². The van der Waals surface area contributed by atoms with E-state index >= 15 is 0 Å². The molecule has 2 unspecified atom stereocenters. The van der Waals surface area contributed by atoms with Gasteiger partial charge < -0.3 is 19.7 Å². The van der Waals surface area contributed by atoms with E-state index in [9.17, 15) is 4.79 Å². The third-order valence-corrected chi connectivity index (χ3v) is 3.57. The Kier molecular flexibility index (Phi) is 8.02. The van der Waals surface area contributed by atoms with Crippen molar-refractivity contribution >= 4 is 5.91 Å². The van der Waals surface area contributed by atoms with Gasteiger partial charge in [-0.15, -0.1) is 0 Å². The van der Waals surface area contributed by atoms with Crippen molar-refractivity contribution in [1.82, 2.24) is 10.2 Å². The topological polar surface area (TPSA) is 50.8 Å². The van der Waals surface area contributed by atoms with Crippen LogP contribution >= 0.6 is 0 Å². The van der Waals surface area contributed by atoms with Crippen molar-refractivity contribution in [1.29, 1.82) is 0 Å². The van der Waals surface area contributed by atoms with E-state index in [1.54, 1.807) is 7.11 Å². The van der Waals surface area contributed by atoms with Gasteiger partial charge in [0.05, 0.1) is 13.2 Å². The molecule has 0 saturated carbocycles. The lowest BCUT2D eigenvalue weighted by atomic mass is 9.93. The second-order valence-corrected chi connectivity index (χ2v) is 5.21. The van der Waals surface area contributed by atoms with Gasteiger partial charge in [-0.05, 0) is 25.3 Å². The molecular weight excluding hydrogens is 244 g/mol. The number of nitrogens with zero attached hydrogens (tertiary/aromatic N) is 1. The van der Waals surface area contributed by atoms with Crippen LogP contribution in [0.2, 0.25) is 0 Å². The van der Waals surface area contributed by atoms with Gasteiger partial charge >= 0.3 is 0 Å². The molecule has 2 atom stereocenters. The van der Waals surface area contributed by atoms with E-state index in [0.29, 0.717) is 25.2 Å². The first kappa shape index (κ1) is 16.4. The summed E-state index contributed by atoms with van der Waals surface area (Å²) < 4.78 is 10.2. The van der Waals surface area contributed by atoms with E-state index in [0.717, 1.165) is 32.5 Å². The highest BCUT2D eigenvalue weighted by molar-refractivity contribution is 5.77. The summed E-state index contributed by atoms with van der Waals surface area (Å²) in [4.78, 5) is 13.9. The molecule has 1 amide bonds. The van der Waals surface area contributed by atoms with Crippen molar-refractivity contribution in [3.8, 4) is 0 Å². The molecule has 1 fully saturated rings. The van der Waals surface area contributed by atoms with E-state index in [-0.39, 0.29) is 12.5 Å². The van der Waals surface area contributed by atoms with Crippen molar-refractivity contribution < 1.29 is 14.3 Å². The largest absolute Gasteiger partial charge is 0.382 e. The van der Waals surface area contributed by atoms with Crippen LogP contribution in [0, 0.1) is 5.92 Å². The molecule has 19 heavy (non-hydrogen) atoms. The SMILES string of the molecule is CCCNC1CCN(C(=O)COCCOC)CC1C. The first-order chi connectivity index (χ1) is 9.19. The smallest absolute Gasteiger partial charge is 0.248 e. The highest BCUT2D eigenvalue weighted by Crippen LogP contribution is 2.17. The van der Waals surface area contributed by atoms with Crippen LogP contribution in [0.4, 0.5) is 0 Å². The Morgan fingerprint density at radius 3 is 2.84 bits per heavy atom. The zero-order chi connectivity index (χ0) is 14.1. The number of amides is 1. The van der Waals surface area contributed by atoms with Crippen LogP contribution in [0.25, 0.3) is 0 Å². The number of nitrogens with one attached hydrogen (secondary N) is 1. The van der Waals surface area contributed by atoms with Crippen molar-refractivity contribution in [3.63, 3.8) is 0 Å². The molecule has 5 heteroatoms. The van der Waals surface area contributed by atoms with Gasteiger partial charge in [0.25, 0.3) is 0 Å². The Hall–Kier alpha value is -0.650. The molecule has 1 aliphatic heterocycles. The van der Waals surface area contributed by atoms with Crippen molar-refractivity contribution in [3.05, 3.63) is 0 Å². The first-order valence-electron chi connectivity index (χ1n) is 7.26. The number of ether oxygens (including phenoxy) is 2. The predicted octanol–water partition coefficient (Wildman–Crippen LogP) is 0.886. The molecule has 0 bridgehead atoms. The van der Waals surface area contributed by atoms with E-state index in [2.05, 4.69) is 19.2 Å². The number of carbonyl (C=O) groups is 1. The molecule has 0 spiro atoms. The molecule has 1 rings (SSSR count). The average molecular weight is 272 g/mol. The van der Waals surface area contributed by atoms with Gasteiger partial charge in [0.1, 0.15) is 6.61 Å². The molecule has 1 heterocycles. The molecule has 0 aromatic heterocycles. The highest BCUT2D eigenvalue weighted by Gasteiger charge is 2.27. The Bertz CT molecular complexity index is 261. The minimum atomic E-state index is 0.0943. The standard InChI is InChI=1S/C14H28N2O3/c1-4-6-15-13-5-7-16(10-12(13)2)14(17)11-19-9-8-18-3/h12-13,15H,4-11H2,1-3H3. The van der Waals surface area contributed by atoms with E-state index in [4.69, 9.17) is 9.47 Å². The molecule has 0 aliphatic carbocycles. The normalized spacial score (nSPS) is 23.6. The number of methoxy groups -OCH3 is 1. The monoisotopic (exact) mass is 272 g/mol. The molecule has 0 aromatic carbocycles. The fourth-order valence-corrected chi connectivity index (χ4v) is 2.40. The molecule has 112 valence electrons. The van der Waals surface area contributed by atoms with Gasteiger partial charge in [-0.25, -0.2) is 0 Å². The summed E-state index contributed by atoms with van der Waals surface area (Å²) in [6, 6.07) is 0.540. The summed E-state index contributed by atoms with van der Waals surface area (Å²) in [5.74, 6) is 0.597.